The van der Waals surface area contributed by atoms with Gasteiger partial charge in [-0.2, -0.15) is 5.26 Å². The molecule has 1 heterocycles. The number of nitriles is 1. The summed E-state index contributed by atoms with van der Waals surface area (Å²) < 4.78 is 27.8. The van der Waals surface area contributed by atoms with Crippen LogP contribution in [0.3, 0.4) is 0 Å². The molecule has 0 bridgehead atoms. The molecule has 2 aromatic carbocycles. The molecule has 3 aromatic rings. The molecule has 1 aliphatic carbocycles. The van der Waals surface area contributed by atoms with Gasteiger partial charge in [-0.3, -0.25) is 0 Å². The van der Waals surface area contributed by atoms with Gasteiger partial charge in [0.2, 0.25) is 0 Å². The monoisotopic (exact) mass is 431 g/mol. The number of aromatic nitrogens is 2. The van der Waals surface area contributed by atoms with Crippen LogP contribution in [0.25, 0.3) is 22.5 Å². The van der Waals surface area contributed by atoms with Gasteiger partial charge in [0.1, 0.15) is 23.3 Å². The molecule has 164 valence electrons. The van der Waals surface area contributed by atoms with Crippen molar-refractivity contribution in [3.63, 3.8) is 0 Å². The van der Waals surface area contributed by atoms with Crippen LogP contribution in [0.5, 0.6) is 0 Å². The van der Waals surface area contributed by atoms with E-state index in [-0.39, 0.29) is 11.4 Å². The number of hydrogen-bond donors (Lipinski definition) is 0. The van der Waals surface area contributed by atoms with E-state index in [1.165, 1.54) is 56.6 Å². The Hall–Kier alpha value is -3.13. The highest BCUT2D eigenvalue weighted by Gasteiger charge is 2.22. The van der Waals surface area contributed by atoms with E-state index in [4.69, 9.17) is 5.26 Å². The van der Waals surface area contributed by atoms with Crippen molar-refractivity contribution < 1.29 is 8.78 Å². The van der Waals surface area contributed by atoms with Crippen molar-refractivity contribution in [2.75, 3.05) is 0 Å². The van der Waals surface area contributed by atoms with Crippen molar-refractivity contribution in [3.05, 3.63) is 71.6 Å². The number of halogens is 2. The molecule has 1 fully saturated rings. The zero-order valence-electron chi connectivity index (χ0n) is 18.3. The van der Waals surface area contributed by atoms with Crippen LogP contribution in [-0.4, -0.2) is 9.97 Å². The summed E-state index contributed by atoms with van der Waals surface area (Å²) in [5.41, 5.74) is 2.85. The SMILES string of the molecule is CCCC[C@H]1CC[C@H](c2ccc(-c3cnc(-c4cc(F)c(C#N)c(F)c4)nc3)cc2)CC1. The van der Waals surface area contributed by atoms with E-state index in [0.717, 1.165) is 29.2 Å². The average Bonchev–Trinajstić information content (AvgIpc) is 2.83. The van der Waals surface area contributed by atoms with E-state index in [1.807, 2.05) is 0 Å². The van der Waals surface area contributed by atoms with Crippen molar-refractivity contribution in [2.24, 2.45) is 5.92 Å². The number of hydrogen-bond acceptors (Lipinski definition) is 3. The molecule has 0 amide bonds. The quantitative estimate of drug-likeness (QED) is 0.408. The summed E-state index contributed by atoms with van der Waals surface area (Å²) in [6, 6.07) is 12.3. The minimum absolute atomic E-state index is 0.204. The second kappa shape index (κ2) is 9.99. The second-order valence-corrected chi connectivity index (χ2v) is 8.70. The fourth-order valence-electron chi connectivity index (χ4n) is 4.66. The van der Waals surface area contributed by atoms with E-state index < -0.39 is 17.2 Å². The first-order valence-electron chi connectivity index (χ1n) is 11.4. The number of nitrogens with zero attached hydrogens (tertiary/aromatic N) is 3. The molecule has 5 heteroatoms. The van der Waals surface area contributed by atoms with Gasteiger partial charge in [0, 0.05) is 23.5 Å². The van der Waals surface area contributed by atoms with Crippen molar-refractivity contribution in [1.82, 2.24) is 9.97 Å². The lowest BCUT2D eigenvalue weighted by molar-refractivity contribution is 0.304. The zero-order chi connectivity index (χ0) is 22.5. The van der Waals surface area contributed by atoms with Crippen molar-refractivity contribution in [3.8, 4) is 28.6 Å². The molecule has 0 atom stereocenters. The Morgan fingerprint density at radius 2 is 1.53 bits per heavy atom. The first-order chi connectivity index (χ1) is 15.6. The Morgan fingerprint density at radius 1 is 0.906 bits per heavy atom. The van der Waals surface area contributed by atoms with Crippen LogP contribution >= 0.6 is 0 Å². The highest BCUT2D eigenvalue weighted by molar-refractivity contribution is 5.64. The maximum absolute atomic E-state index is 13.9. The Kier molecular flexibility index (Phi) is 6.90. The molecular weight excluding hydrogens is 404 g/mol. The van der Waals surface area contributed by atoms with E-state index in [9.17, 15) is 8.78 Å². The Morgan fingerprint density at radius 3 is 2.09 bits per heavy atom. The molecule has 1 aromatic heterocycles. The highest BCUT2D eigenvalue weighted by Crippen LogP contribution is 2.38. The van der Waals surface area contributed by atoms with Gasteiger partial charge in [-0.15, -0.1) is 0 Å². The molecule has 32 heavy (non-hydrogen) atoms. The topological polar surface area (TPSA) is 49.6 Å². The van der Waals surface area contributed by atoms with Gasteiger partial charge in [0.15, 0.2) is 5.82 Å². The van der Waals surface area contributed by atoms with Crippen LogP contribution in [0, 0.1) is 28.9 Å². The summed E-state index contributed by atoms with van der Waals surface area (Å²) in [4.78, 5) is 8.56. The predicted octanol–water partition coefficient (Wildman–Crippen LogP) is 7.42. The number of unbranched alkanes of at least 4 members (excludes halogenated alkanes) is 1. The molecule has 0 N–H and O–H groups in total. The minimum atomic E-state index is -0.912. The number of rotatable bonds is 6. The third-order valence-corrected chi connectivity index (χ3v) is 6.59. The first-order valence-corrected chi connectivity index (χ1v) is 11.4. The van der Waals surface area contributed by atoms with Crippen LogP contribution < -0.4 is 0 Å². The van der Waals surface area contributed by atoms with Crippen molar-refractivity contribution >= 4 is 0 Å². The second-order valence-electron chi connectivity index (χ2n) is 8.70. The van der Waals surface area contributed by atoms with Crippen LogP contribution in [0.1, 0.15) is 68.9 Å². The molecule has 4 rings (SSSR count). The highest BCUT2D eigenvalue weighted by atomic mass is 19.1. The summed E-state index contributed by atoms with van der Waals surface area (Å²) in [5.74, 6) is -0.0660. The third kappa shape index (κ3) is 4.85. The van der Waals surface area contributed by atoms with Gasteiger partial charge in [-0.1, -0.05) is 50.5 Å². The standard InChI is InChI=1S/C27H27F2N3/c1-2-3-4-18-5-7-19(8-6-18)20-9-11-21(12-10-20)23-16-31-27(32-17-23)22-13-25(28)24(15-30)26(29)14-22/h9-14,16-19H,2-8H2,1H3/t18-,19-. The molecule has 3 nitrogen and oxygen atoms in total. The normalized spacial score (nSPS) is 18.3. The maximum Gasteiger partial charge on any atom is 0.159 e. The van der Waals surface area contributed by atoms with E-state index in [0.29, 0.717) is 5.92 Å². The third-order valence-electron chi connectivity index (χ3n) is 6.59. The Labute approximate surface area is 188 Å². The van der Waals surface area contributed by atoms with Gasteiger partial charge in [-0.05, 0) is 60.8 Å². The smallest absolute Gasteiger partial charge is 0.159 e. The zero-order valence-corrected chi connectivity index (χ0v) is 18.3. The van der Waals surface area contributed by atoms with Crippen LogP contribution in [-0.2, 0) is 0 Å². The Bertz CT molecular complexity index is 1070. The maximum atomic E-state index is 13.9. The summed E-state index contributed by atoms with van der Waals surface area (Å²) in [6.45, 7) is 2.26. The molecule has 0 saturated heterocycles. The molecular formula is C27H27F2N3. The van der Waals surface area contributed by atoms with Crippen LogP contribution in [0.2, 0.25) is 0 Å². The summed E-state index contributed by atoms with van der Waals surface area (Å²) in [6.07, 6.45) is 12.5. The molecule has 1 aliphatic rings. The van der Waals surface area contributed by atoms with Crippen LogP contribution in [0.4, 0.5) is 8.78 Å². The van der Waals surface area contributed by atoms with Gasteiger partial charge < -0.3 is 0 Å². The summed E-state index contributed by atoms with van der Waals surface area (Å²) in [5, 5.41) is 8.81. The molecule has 0 unspecified atom stereocenters. The predicted molar refractivity (Wildman–Crippen MR) is 122 cm³/mol. The lowest BCUT2D eigenvalue weighted by atomic mass is 9.77. The van der Waals surface area contributed by atoms with Gasteiger partial charge in [0.25, 0.3) is 0 Å². The van der Waals surface area contributed by atoms with Crippen LogP contribution in [0.15, 0.2) is 48.8 Å². The molecule has 0 spiro atoms. The van der Waals surface area contributed by atoms with Crippen molar-refractivity contribution in [2.45, 2.75) is 57.8 Å². The fourth-order valence-corrected chi connectivity index (χ4v) is 4.66. The summed E-state index contributed by atoms with van der Waals surface area (Å²) in [7, 11) is 0. The average molecular weight is 432 g/mol. The first kappa shape index (κ1) is 22.1. The number of benzene rings is 2. The lowest BCUT2D eigenvalue weighted by Crippen LogP contribution is -2.13. The molecule has 0 radical (unpaired) electrons. The minimum Gasteiger partial charge on any atom is -0.236 e. The molecule has 0 aliphatic heterocycles. The fraction of sp³-hybridized carbons (Fsp3) is 0.370. The van der Waals surface area contributed by atoms with E-state index in [1.54, 1.807) is 12.4 Å². The van der Waals surface area contributed by atoms with E-state index in [2.05, 4.69) is 41.2 Å². The Balaban J connectivity index is 1.44. The van der Waals surface area contributed by atoms with Gasteiger partial charge in [0.05, 0.1) is 0 Å². The lowest BCUT2D eigenvalue weighted by Gasteiger charge is -2.29. The summed E-state index contributed by atoms with van der Waals surface area (Å²) >= 11 is 0. The van der Waals surface area contributed by atoms with E-state index >= 15 is 0 Å². The van der Waals surface area contributed by atoms with Gasteiger partial charge in [-0.25, -0.2) is 18.7 Å². The van der Waals surface area contributed by atoms with Gasteiger partial charge >= 0.3 is 0 Å². The largest absolute Gasteiger partial charge is 0.236 e. The van der Waals surface area contributed by atoms with Crippen molar-refractivity contribution in [1.29, 1.82) is 5.26 Å². The molecule has 1 saturated carbocycles.